The van der Waals surface area contributed by atoms with Crippen molar-refractivity contribution in [2.24, 2.45) is 0 Å². The lowest BCUT2D eigenvalue weighted by Crippen LogP contribution is -2.41. The van der Waals surface area contributed by atoms with E-state index in [0.29, 0.717) is 13.0 Å². The Kier molecular flexibility index (Phi) is 6.53. The number of carboxylic acids is 1. The fraction of sp³-hybridized carbons (Fsp3) is 0.533. The number of nitrogens with zero attached hydrogens (tertiary/aromatic N) is 1. The normalized spacial score (nSPS) is 14.3. The first-order valence-electron chi connectivity index (χ1n) is 6.66. The second kappa shape index (κ2) is 7.92. The first-order chi connectivity index (χ1) is 9.00. The van der Waals surface area contributed by atoms with E-state index in [1.165, 1.54) is 5.56 Å². The van der Waals surface area contributed by atoms with Crippen LogP contribution >= 0.6 is 0 Å². The summed E-state index contributed by atoms with van der Waals surface area (Å²) in [6.45, 7) is 3.59. The van der Waals surface area contributed by atoms with E-state index in [-0.39, 0.29) is 5.92 Å². The third kappa shape index (κ3) is 5.85. The Morgan fingerprint density at radius 1 is 1.32 bits per heavy atom. The molecule has 4 nitrogen and oxygen atoms in total. The third-order valence-corrected chi connectivity index (χ3v) is 3.21. The van der Waals surface area contributed by atoms with Gasteiger partial charge in [0.05, 0.1) is 0 Å². The van der Waals surface area contributed by atoms with E-state index in [9.17, 15) is 9.90 Å². The average molecular weight is 264 g/mol. The van der Waals surface area contributed by atoms with Crippen LogP contribution in [0.1, 0.15) is 24.8 Å². The van der Waals surface area contributed by atoms with Gasteiger partial charge >= 0.3 is 5.97 Å². The summed E-state index contributed by atoms with van der Waals surface area (Å²) in [7, 11) is 3.95. The minimum absolute atomic E-state index is 0.231. The maximum absolute atomic E-state index is 11.3. The lowest BCUT2D eigenvalue weighted by molar-refractivity contribution is -0.139. The number of nitrogens with one attached hydrogen (secondary N) is 1. The molecule has 2 unspecified atom stereocenters. The fourth-order valence-electron chi connectivity index (χ4n) is 2.01. The van der Waals surface area contributed by atoms with Gasteiger partial charge in [0.1, 0.15) is 6.04 Å². The number of carboxylic acid groups (broad SMARTS) is 1. The van der Waals surface area contributed by atoms with Gasteiger partial charge in [-0.2, -0.15) is 0 Å². The van der Waals surface area contributed by atoms with Crippen molar-refractivity contribution >= 4 is 5.97 Å². The molecule has 0 saturated carbocycles. The fourth-order valence-corrected chi connectivity index (χ4v) is 2.01. The van der Waals surface area contributed by atoms with Gasteiger partial charge in [0.15, 0.2) is 0 Å². The largest absolute Gasteiger partial charge is 0.480 e. The van der Waals surface area contributed by atoms with E-state index in [4.69, 9.17) is 0 Å². The molecule has 1 aromatic carbocycles. The number of hydrogen-bond acceptors (Lipinski definition) is 3. The van der Waals surface area contributed by atoms with Crippen LogP contribution in [0.5, 0.6) is 0 Å². The molecule has 0 spiro atoms. The van der Waals surface area contributed by atoms with Crippen molar-refractivity contribution in [2.45, 2.75) is 25.3 Å². The predicted molar refractivity (Wildman–Crippen MR) is 77.5 cm³/mol. The topological polar surface area (TPSA) is 52.6 Å². The standard InChI is InChI=1S/C15H24N2O2/c1-12(13-7-5-4-6-8-13)11-14(15(18)19)16-9-10-17(2)3/h4-8,12,14,16H,9-11H2,1-3H3,(H,18,19). The molecule has 2 atom stereocenters. The van der Waals surface area contributed by atoms with E-state index in [1.807, 2.05) is 49.3 Å². The molecule has 2 N–H and O–H groups in total. The van der Waals surface area contributed by atoms with E-state index < -0.39 is 12.0 Å². The molecule has 1 rings (SSSR count). The summed E-state index contributed by atoms with van der Waals surface area (Å²) in [5.41, 5.74) is 1.18. The smallest absolute Gasteiger partial charge is 0.320 e. The van der Waals surface area contributed by atoms with E-state index in [1.54, 1.807) is 0 Å². The second-order valence-corrected chi connectivity index (χ2v) is 5.20. The van der Waals surface area contributed by atoms with Crippen LogP contribution < -0.4 is 5.32 Å². The Labute approximate surface area is 115 Å². The zero-order chi connectivity index (χ0) is 14.3. The first-order valence-corrected chi connectivity index (χ1v) is 6.66. The maximum Gasteiger partial charge on any atom is 0.320 e. The highest BCUT2D eigenvalue weighted by atomic mass is 16.4. The molecule has 19 heavy (non-hydrogen) atoms. The molecule has 0 fully saturated rings. The van der Waals surface area contributed by atoms with Crippen LogP contribution in [0.15, 0.2) is 30.3 Å². The Balaban J connectivity index is 2.51. The summed E-state index contributed by atoms with van der Waals surface area (Å²) in [4.78, 5) is 13.3. The molecule has 0 aromatic heterocycles. The maximum atomic E-state index is 11.3. The third-order valence-electron chi connectivity index (χ3n) is 3.21. The van der Waals surface area contributed by atoms with Crippen molar-refractivity contribution in [2.75, 3.05) is 27.2 Å². The van der Waals surface area contributed by atoms with Crippen molar-refractivity contribution in [3.05, 3.63) is 35.9 Å². The summed E-state index contributed by atoms with van der Waals surface area (Å²) in [6, 6.07) is 9.55. The summed E-state index contributed by atoms with van der Waals surface area (Å²) >= 11 is 0. The van der Waals surface area contributed by atoms with Crippen LogP contribution in [0.4, 0.5) is 0 Å². The van der Waals surface area contributed by atoms with Gasteiger partial charge in [0, 0.05) is 13.1 Å². The Morgan fingerprint density at radius 3 is 2.47 bits per heavy atom. The van der Waals surface area contributed by atoms with Crippen LogP contribution in [0.2, 0.25) is 0 Å². The Hall–Kier alpha value is -1.39. The van der Waals surface area contributed by atoms with Gasteiger partial charge < -0.3 is 15.3 Å². The number of carbonyl (C=O) groups is 1. The SMILES string of the molecule is CC(CC(NCCN(C)C)C(=O)O)c1ccccc1. The molecule has 0 bridgehead atoms. The van der Waals surface area contributed by atoms with Crippen LogP contribution in [-0.4, -0.2) is 49.2 Å². The number of rotatable bonds is 8. The summed E-state index contributed by atoms with van der Waals surface area (Å²) in [6.07, 6.45) is 0.604. The molecule has 1 aromatic rings. The molecule has 0 amide bonds. The Bertz CT molecular complexity index is 379. The van der Waals surface area contributed by atoms with Gasteiger partial charge in [-0.25, -0.2) is 0 Å². The first kappa shape index (κ1) is 15.7. The summed E-state index contributed by atoms with van der Waals surface area (Å²) in [5, 5.41) is 12.4. The molecular formula is C15H24N2O2. The molecule has 106 valence electrons. The van der Waals surface area contributed by atoms with Crippen LogP contribution in [0, 0.1) is 0 Å². The highest BCUT2D eigenvalue weighted by Gasteiger charge is 2.20. The molecule has 0 aliphatic carbocycles. The van der Waals surface area contributed by atoms with Crippen molar-refractivity contribution in [1.29, 1.82) is 0 Å². The zero-order valence-electron chi connectivity index (χ0n) is 12.0. The summed E-state index contributed by atoms with van der Waals surface area (Å²) in [5.74, 6) is -0.546. The van der Waals surface area contributed by atoms with E-state index in [0.717, 1.165) is 6.54 Å². The van der Waals surface area contributed by atoms with Crippen molar-refractivity contribution < 1.29 is 9.90 Å². The quantitative estimate of drug-likeness (QED) is 0.751. The number of hydrogen-bond donors (Lipinski definition) is 2. The molecule has 4 heteroatoms. The van der Waals surface area contributed by atoms with Gasteiger partial charge in [-0.3, -0.25) is 4.79 Å². The predicted octanol–water partition coefficient (Wildman–Crippen LogP) is 1.78. The van der Waals surface area contributed by atoms with Gasteiger partial charge in [0.25, 0.3) is 0 Å². The van der Waals surface area contributed by atoms with Gasteiger partial charge in [-0.05, 0) is 32.0 Å². The number of benzene rings is 1. The Morgan fingerprint density at radius 2 is 1.95 bits per heavy atom. The lowest BCUT2D eigenvalue weighted by atomic mass is 9.94. The summed E-state index contributed by atoms with van der Waals surface area (Å²) < 4.78 is 0. The molecular weight excluding hydrogens is 240 g/mol. The molecule has 0 radical (unpaired) electrons. The molecule has 0 aliphatic heterocycles. The van der Waals surface area contributed by atoms with Crippen LogP contribution in [0.25, 0.3) is 0 Å². The number of aliphatic carboxylic acids is 1. The van der Waals surface area contributed by atoms with Crippen molar-refractivity contribution in [3.8, 4) is 0 Å². The highest BCUT2D eigenvalue weighted by molar-refractivity contribution is 5.73. The van der Waals surface area contributed by atoms with Crippen molar-refractivity contribution in [1.82, 2.24) is 10.2 Å². The second-order valence-electron chi connectivity index (χ2n) is 5.20. The van der Waals surface area contributed by atoms with E-state index >= 15 is 0 Å². The molecule has 0 saturated heterocycles. The lowest BCUT2D eigenvalue weighted by Gasteiger charge is -2.20. The van der Waals surface area contributed by atoms with Gasteiger partial charge in [0.2, 0.25) is 0 Å². The van der Waals surface area contributed by atoms with Crippen LogP contribution in [-0.2, 0) is 4.79 Å². The highest BCUT2D eigenvalue weighted by Crippen LogP contribution is 2.20. The molecule has 0 aliphatic rings. The van der Waals surface area contributed by atoms with Crippen LogP contribution in [0.3, 0.4) is 0 Å². The number of likely N-dealkylation sites (N-methyl/N-ethyl adjacent to an activating group) is 1. The monoisotopic (exact) mass is 264 g/mol. The molecule has 0 heterocycles. The average Bonchev–Trinajstić information content (AvgIpc) is 2.37. The minimum Gasteiger partial charge on any atom is -0.480 e. The van der Waals surface area contributed by atoms with Crippen molar-refractivity contribution in [3.63, 3.8) is 0 Å². The zero-order valence-corrected chi connectivity index (χ0v) is 12.0. The van der Waals surface area contributed by atoms with Gasteiger partial charge in [-0.15, -0.1) is 0 Å². The van der Waals surface area contributed by atoms with E-state index in [2.05, 4.69) is 12.2 Å². The van der Waals surface area contributed by atoms with Gasteiger partial charge in [-0.1, -0.05) is 37.3 Å². The minimum atomic E-state index is -0.776.